The van der Waals surface area contributed by atoms with Crippen LogP contribution in [-0.4, -0.2) is 18.2 Å². The Kier molecular flexibility index (Phi) is 2.27. The first-order chi connectivity index (χ1) is 6.16. The van der Waals surface area contributed by atoms with Gasteiger partial charge >= 0.3 is 0 Å². The maximum atomic E-state index is 11.4. The zero-order valence-corrected chi connectivity index (χ0v) is 8.48. The van der Waals surface area contributed by atoms with Gasteiger partial charge in [0.1, 0.15) is 6.10 Å². The number of carbonyl (C=O) groups is 1. The summed E-state index contributed by atoms with van der Waals surface area (Å²) in [6.07, 6.45) is 0.0211. The number of amides is 1. The van der Waals surface area contributed by atoms with Crippen molar-refractivity contribution in [1.29, 1.82) is 0 Å². The van der Waals surface area contributed by atoms with Crippen molar-refractivity contribution in [3.8, 4) is 0 Å². The van der Waals surface area contributed by atoms with Crippen LogP contribution in [-0.2, 0) is 4.74 Å². The number of halogens is 1. The smallest absolute Gasteiger partial charge is 0.263 e. The molecule has 1 N–H and O–H groups in total. The molecule has 1 aromatic heterocycles. The molecular weight excluding hydrogens is 210 g/mol. The molecule has 0 aliphatic carbocycles. The minimum Gasteiger partial charge on any atom is -0.348 e. The third-order valence-electron chi connectivity index (χ3n) is 1.78. The molecule has 1 aromatic rings. The molecular formula is C8H8ClNO2S. The molecule has 2 heterocycles. The monoisotopic (exact) mass is 217 g/mol. The number of hydrogen-bond acceptors (Lipinski definition) is 3. The van der Waals surface area contributed by atoms with Gasteiger partial charge in [-0.05, 0) is 19.1 Å². The second-order valence-electron chi connectivity index (χ2n) is 2.84. The largest absolute Gasteiger partial charge is 0.348 e. The van der Waals surface area contributed by atoms with Crippen LogP contribution in [0.2, 0.25) is 4.34 Å². The van der Waals surface area contributed by atoms with E-state index in [0.717, 1.165) is 0 Å². The summed E-state index contributed by atoms with van der Waals surface area (Å²) in [4.78, 5) is 12.0. The van der Waals surface area contributed by atoms with E-state index in [2.05, 4.69) is 5.32 Å². The Labute approximate surface area is 84.7 Å². The summed E-state index contributed by atoms with van der Waals surface area (Å²) in [6.45, 7) is 1.91. The summed E-state index contributed by atoms with van der Waals surface area (Å²) in [5, 5.41) is 2.72. The highest BCUT2D eigenvalue weighted by atomic mass is 35.5. The molecule has 70 valence electrons. The fourth-order valence-corrected chi connectivity index (χ4v) is 1.92. The van der Waals surface area contributed by atoms with Crippen LogP contribution in [0.3, 0.4) is 0 Å². The van der Waals surface area contributed by atoms with Gasteiger partial charge in [-0.2, -0.15) is 0 Å². The molecule has 13 heavy (non-hydrogen) atoms. The summed E-state index contributed by atoms with van der Waals surface area (Å²) >= 11 is 6.96. The third-order valence-corrected chi connectivity index (χ3v) is 3.01. The van der Waals surface area contributed by atoms with E-state index >= 15 is 0 Å². The lowest BCUT2D eigenvalue weighted by atomic mass is 10.4. The van der Waals surface area contributed by atoms with Gasteiger partial charge in [0.15, 0.2) is 6.23 Å². The summed E-state index contributed by atoms with van der Waals surface area (Å²) in [5.74, 6) is -0.119. The maximum Gasteiger partial charge on any atom is 0.263 e. The number of rotatable bonds is 2. The number of hydrogen-bond donors (Lipinski definition) is 1. The molecule has 1 amide bonds. The van der Waals surface area contributed by atoms with E-state index in [1.807, 2.05) is 6.92 Å². The number of thiophene rings is 1. The van der Waals surface area contributed by atoms with Gasteiger partial charge in [-0.15, -0.1) is 11.3 Å². The van der Waals surface area contributed by atoms with Crippen LogP contribution in [0.25, 0.3) is 0 Å². The van der Waals surface area contributed by atoms with Gasteiger partial charge in [-0.25, -0.2) is 0 Å². The molecule has 5 heteroatoms. The highest BCUT2D eigenvalue weighted by Gasteiger charge is 2.35. The molecule has 1 fully saturated rings. The van der Waals surface area contributed by atoms with E-state index in [0.29, 0.717) is 9.21 Å². The topological polar surface area (TPSA) is 41.6 Å². The number of ether oxygens (including phenoxy) is 1. The average Bonchev–Trinajstić information content (AvgIpc) is 2.62. The van der Waals surface area contributed by atoms with Crippen LogP contribution in [0.5, 0.6) is 0 Å². The Balaban J connectivity index is 1.97. The number of nitrogens with one attached hydrogen (secondary N) is 1. The first-order valence-electron chi connectivity index (χ1n) is 3.88. The van der Waals surface area contributed by atoms with Crippen LogP contribution < -0.4 is 5.32 Å². The Hall–Kier alpha value is -0.580. The van der Waals surface area contributed by atoms with E-state index in [9.17, 15) is 4.79 Å². The molecule has 0 aromatic carbocycles. The molecule has 2 atom stereocenters. The normalized spacial score (nSPS) is 25.7. The van der Waals surface area contributed by atoms with E-state index in [1.165, 1.54) is 11.3 Å². The standard InChI is InChI=1S/C8H8ClNO2S/c1-4-8(12-4)10-7(11)5-2-3-6(9)13-5/h2-4,8H,1H3,(H,10,11). The molecule has 0 saturated carbocycles. The fourth-order valence-electron chi connectivity index (χ4n) is 0.974. The highest BCUT2D eigenvalue weighted by Crippen LogP contribution is 2.23. The van der Waals surface area contributed by atoms with Crippen molar-refractivity contribution in [3.63, 3.8) is 0 Å². The average molecular weight is 218 g/mol. The van der Waals surface area contributed by atoms with Crippen LogP contribution in [0.4, 0.5) is 0 Å². The van der Waals surface area contributed by atoms with Gasteiger partial charge in [0.25, 0.3) is 5.91 Å². The SMILES string of the molecule is CC1OC1NC(=O)c1ccc(Cl)s1. The molecule has 2 unspecified atom stereocenters. The van der Waals surface area contributed by atoms with Crippen LogP contribution in [0.15, 0.2) is 12.1 Å². The molecule has 0 bridgehead atoms. The lowest BCUT2D eigenvalue weighted by Crippen LogP contribution is -2.26. The Morgan fingerprint density at radius 3 is 2.85 bits per heavy atom. The van der Waals surface area contributed by atoms with Gasteiger partial charge in [0.05, 0.1) is 9.21 Å². The van der Waals surface area contributed by atoms with Crippen molar-refractivity contribution in [2.24, 2.45) is 0 Å². The summed E-state index contributed by atoms with van der Waals surface area (Å²) in [5.41, 5.74) is 0. The predicted octanol–water partition coefficient (Wildman–Crippen LogP) is 1.88. The Bertz CT molecular complexity index is 339. The lowest BCUT2D eigenvalue weighted by molar-refractivity contribution is 0.0939. The van der Waals surface area contributed by atoms with Gasteiger partial charge in [0, 0.05) is 0 Å². The molecule has 3 nitrogen and oxygen atoms in total. The van der Waals surface area contributed by atoms with E-state index in [-0.39, 0.29) is 18.2 Å². The van der Waals surface area contributed by atoms with Crippen LogP contribution in [0, 0.1) is 0 Å². The van der Waals surface area contributed by atoms with Crippen molar-refractivity contribution in [1.82, 2.24) is 5.32 Å². The number of carbonyl (C=O) groups excluding carboxylic acids is 1. The summed E-state index contributed by atoms with van der Waals surface area (Å²) < 4.78 is 5.68. The lowest BCUT2D eigenvalue weighted by Gasteiger charge is -1.96. The minimum atomic E-state index is -0.119. The van der Waals surface area contributed by atoms with E-state index in [4.69, 9.17) is 16.3 Å². The Morgan fingerprint density at radius 2 is 2.38 bits per heavy atom. The van der Waals surface area contributed by atoms with E-state index < -0.39 is 0 Å². The fraction of sp³-hybridized carbons (Fsp3) is 0.375. The maximum absolute atomic E-state index is 11.4. The minimum absolute atomic E-state index is 0.117. The van der Waals surface area contributed by atoms with Crippen molar-refractivity contribution >= 4 is 28.8 Å². The third kappa shape index (κ3) is 2.02. The molecule has 0 radical (unpaired) electrons. The second kappa shape index (κ2) is 3.29. The predicted molar refractivity (Wildman–Crippen MR) is 51.1 cm³/mol. The quantitative estimate of drug-likeness (QED) is 0.769. The van der Waals surface area contributed by atoms with Crippen molar-refractivity contribution in [3.05, 3.63) is 21.3 Å². The summed E-state index contributed by atoms with van der Waals surface area (Å²) in [6, 6.07) is 3.41. The zero-order valence-electron chi connectivity index (χ0n) is 6.91. The first-order valence-corrected chi connectivity index (χ1v) is 5.08. The molecule has 1 aliphatic heterocycles. The van der Waals surface area contributed by atoms with Crippen LogP contribution in [0.1, 0.15) is 16.6 Å². The van der Waals surface area contributed by atoms with Crippen molar-refractivity contribution < 1.29 is 9.53 Å². The van der Waals surface area contributed by atoms with Crippen LogP contribution >= 0.6 is 22.9 Å². The molecule has 0 spiro atoms. The number of epoxide rings is 1. The molecule has 1 aliphatic rings. The van der Waals surface area contributed by atoms with Gasteiger partial charge in [-0.1, -0.05) is 11.6 Å². The van der Waals surface area contributed by atoms with Crippen molar-refractivity contribution in [2.75, 3.05) is 0 Å². The van der Waals surface area contributed by atoms with Gasteiger partial charge in [0.2, 0.25) is 0 Å². The summed E-state index contributed by atoms with van der Waals surface area (Å²) in [7, 11) is 0. The van der Waals surface area contributed by atoms with Gasteiger partial charge < -0.3 is 10.1 Å². The highest BCUT2D eigenvalue weighted by molar-refractivity contribution is 7.17. The van der Waals surface area contributed by atoms with Crippen molar-refractivity contribution in [2.45, 2.75) is 19.3 Å². The molecule has 2 rings (SSSR count). The molecule has 1 saturated heterocycles. The van der Waals surface area contributed by atoms with Gasteiger partial charge in [-0.3, -0.25) is 4.79 Å². The second-order valence-corrected chi connectivity index (χ2v) is 4.55. The first kappa shape index (κ1) is 8.99. The van der Waals surface area contributed by atoms with E-state index in [1.54, 1.807) is 12.1 Å². The Morgan fingerprint density at radius 1 is 1.69 bits per heavy atom. The zero-order chi connectivity index (χ0) is 9.42.